The minimum atomic E-state index is -3.26. The lowest BCUT2D eigenvalue weighted by atomic mass is 9.42. The molecule has 0 saturated heterocycles. The van der Waals surface area contributed by atoms with E-state index in [-0.39, 0.29) is 6.54 Å². The Hall–Kier alpha value is -2.78. The molecule has 0 bridgehead atoms. The number of nitrogens with two attached hydrogens (primary N) is 1. The van der Waals surface area contributed by atoms with E-state index >= 15 is 0 Å². The number of hydrogen-bond acceptors (Lipinski definition) is 1. The largest absolute Gasteiger partial charge is 0.546 e. The lowest BCUT2D eigenvalue weighted by Crippen LogP contribution is -3.06. The summed E-state index contributed by atoms with van der Waals surface area (Å²) < 4.78 is 81.6. The number of quaternary nitrogens is 1. The molecule has 0 heterocycles. The third kappa shape index (κ3) is 3.76. The smallest absolute Gasteiger partial charge is 0.387 e. The molecular weight excluding hydrogens is 383 g/mol. The quantitative estimate of drug-likeness (QED) is 0.385. The number of rotatable bonds is 5. The molecule has 0 aliphatic carbocycles. The van der Waals surface area contributed by atoms with Crippen molar-refractivity contribution in [2.24, 2.45) is 0 Å². The van der Waals surface area contributed by atoms with E-state index in [4.69, 9.17) is 0 Å². The van der Waals surface area contributed by atoms with Crippen molar-refractivity contribution in [1.82, 2.24) is 0 Å². The molecular formula is C19H14BF6NO. The molecule has 9 heteroatoms. The maximum atomic E-state index is 13.7. The van der Waals surface area contributed by atoms with Crippen LogP contribution in [0.5, 0.6) is 0 Å². The van der Waals surface area contributed by atoms with Crippen molar-refractivity contribution in [2.75, 3.05) is 0 Å². The van der Waals surface area contributed by atoms with Crippen LogP contribution in [0.2, 0.25) is 0 Å². The van der Waals surface area contributed by atoms with Gasteiger partial charge in [-0.1, -0.05) is 30.3 Å². The average molecular weight is 397 g/mol. The molecule has 0 spiro atoms. The Labute approximate surface area is 156 Å². The Balaban J connectivity index is 2.13. The van der Waals surface area contributed by atoms with Gasteiger partial charge in [0.05, 0.1) is 6.54 Å². The summed E-state index contributed by atoms with van der Waals surface area (Å²) in [5.41, 5.74) is -0.204. The summed E-state index contributed by atoms with van der Waals surface area (Å²) in [5, 5.41) is 12.4. The van der Waals surface area contributed by atoms with Crippen LogP contribution >= 0.6 is 0 Å². The molecule has 0 radical (unpaired) electrons. The van der Waals surface area contributed by atoms with Crippen molar-refractivity contribution < 1.29 is 36.6 Å². The molecule has 0 aromatic heterocycles. The zero-order valence-corrected chi connectivity index (χ0v) is 14.3. The van der Waals surface area contributed by atoms with Crippen molar-refractivity contribution in [2.45, 2.75) is 6.54 Å². The molecule has 3 rings (SSSR count). The second-order valence-electron chi connectivity index (χ2n) is 6.41. The van der Waals surface area contributed by atoms with Crippen LogP contribution in [0.4, 0.5) is 26.3 Å². The predicted molar refractivity (Wildman–Crippen MR) is 91.9 cm³/mol. The lowest BCUT2D eigenvalue weighted by molar-refractivity contribution is -0.556. The predicted octanol–water partition coefficient (Wildman–Crippen LogP) is 1.83. The highest BCUT2D eigenvalue weighted by atomic mass is 19.2. The van der Waals surface area contributed by atoms with Crippen molar-refractivity contribution in [3.8, 4) is 0 Å². The average Bonchev–Trinajstić information content (AvgIpc) is 2.68. The Kier molecular flexibility index (Phi) is 5.48. The van der Waals surface area contributed by atoms with Crippen LogP contribution in [0.25, 0.3) is 0 Å². The fourth-order valence-corrected chi connectivity index (χ4v) is 3.04. The van der Waals surface area contributed by atoms with Gasteiger partial charge in [-0.2, -0.15) is 0 Å². The summed E-state index contributed by atoms with van der Waals surface area (Å²) in [6, 6.07) is 10.7. The highest BCUT2D eigenvalue weighted by molar-refractivity contribution is 6.89. The summed E-state index contributed by atoms with van der Waals surface area (Å²) in [7, 11) is 0. The third-order valence-electron chi connectivity index (χ3n) is 4.57. The fourth-order valence-electron chi connectivity index (χ4n) is 3.04. The summed E-state index contributed by atoms with van der Waals surface area (Å²) in [6.07, 6.45) is 0. The molecule has 0 aliphatic rings. The van der Waals surface area contributed by atoms with Gasteiger partial charge in [0.25, 0.3) is 0 Å². The van der Waals surface area contributed by atoms with Crippen LogP contribution in [0.1, 0.15) is 5.56 Å². The molecule has 3 aromatic rings. The van der Waals surface area contributed by atoms with E-state index < -0.39 is 52.3 Å². The molecule has 146 valence electrons. The van der Waals surface area contributed by atoms with Gasteiger partial charge in [0, 0.05) is 5.56 Å². The zero-order chi connectivity index (χ0) is 20.5. The van der Waals surface area contributed by atoms with Crippen LogP contribution in [0.3, 0.4) is 0 Å². The standard InChI is InChI=1S/C19H14BF6NO/c21-14-6-12(7-15(22)18(14)25)20(28,27-10-11-4-2-1-3-5-11)13-8-16(23)19(26)17(24)9-13/h1-9,28H,10,27H2. The van der Waals surface area contributed by atoms with Crippen molar-refractivity contribution >= 4 is 17.4 Å². The van der Waals surface area contributed by atoms with Crippen LogP contribution < -0.4 is 16.2 Å². The van der Waals surface area contributed by atoms with E-state index in [1.54, 1.807) is 30.3 Å². The molecule has 2 nitrogen and oxygen atoms in total. The summed E-state index contributed by atoms with van der Waals surface area (Å²) in [6.45, 7) is -3.21. The second-order valence-corrected chi connectivity index (χ2v) is 6.41. The third-order valence-corrected chi connectivity index (χ3v) is 4.57. The van der Waals surface area contributed by atoms with Crippen molar-refractivity contribution in [1.29, 1.82) is 0 Å². The van der Waals surface area contributed by atoms with E-state index in [0.29, 0.717) is 29.8 Å². The Morgan fingerprint density at radius 3 is 1.46 bits per heavy atom. The van der Waals surface area contributed by atoms with Gasteiger partial charge < -0.3 is 10.3 Å². The zero-order valence-electron chi connectivity index (χ0n) is 14.3. The van der Waals surface area contributed by atoms with Gasteiger partial charge in [-0.05, 0) is 24.3 Å². The van der Waals surface area contributed by atoms with Gasteiger partial charge in [-0.25, -0.2) is 26.3 Å². The monoisotopic (exact) mass is 397 g/mol. The van der Waals surface area contributed by atoms with E-state index in [9.17, 15) is 31.4 Å². The fraction of sp³-hybridized carbons (Fsp3) is 0.0526. The lowest BCUT2D eigenvalue weighted by Gasteiger charge is -2.32. The highest BCUT2D eigenvalue weighted by Crippen LogP contribution is 2.12. The molecule has 0 fully saturated rings. The van der Waals surface area contributed by atoms with Crippen molar-refractivity contribution in [3.63, 3.8) is 0 Å². The highest BCUT2D eigenvalue weighted by Gasteiger charge is 2.36. The summed E-state index contributed by atoms with van der Waals surface area (Å²) >= 11 is 0. The van der Waals surface area contributed by atoms with Crippen LogP contribution in [-0.4, -0.2) is 11.5 Å². The minimum Gasteiger partial charge on any atom is -0.546 e. The van der Waals surface area contributed by atoms with E-state index in [2.05, 4.69) is 0 Å². The summed E-state index contributed by atoms with van der Waals surface area (Å²) in [5.74, 6) is -9.81. The number of hydrogen-bond donors (Lipinski definition) is 2. The SMILES string of the molecule is O[B-]([NH2+]Cc1ccccc1)(c1cc(F)c(F)c(F)c1)c1cc(F)c(F)c(F)c1. The number of benzene rings is 3. The van der Waals surface area contributed by atoms with Gasteiger partial charge in [0.2, 0.25) is 0 Å². The van der Waals surface area contributed by atoms with Gasteiger partial charge in [-0.3, -0.25) is 0 Å². The first-order valence-corrected chi connectivity index (χ1v) is 8.28. The van der Waals surface area contributed by atoms with Crippen LogP contribution in [0, 0.1) is 34.9 Å². The Morgan fingerprint density at radius 2 is 1.07 bits per heavy atom. The van der Waals surface area contributed by atoms with Gasteiger partial charge >= 0.3 is 6.48 Å². The minimum absolute atomic E-state index is 0.0541. The molecule has 0 saturated carbocycles. The van der Waals surface area contributed by atoms with Gasteiger partial charge in [-0.15, -0.1) is 10.9 Å². The van der Waals surface area contributed by atoms with Crippen molar-refractivity contribution in [3.05, 3.63) is 95.1 Å². The Bertz CT molecular complexity index is 911. The molecule has 0 unspecified atom stereocenters. The molecule has 28 heavy (non-hydrogen) atoms. The maximum absolute atomic E-state index is 13.7. The van der Waals surface area contributed by atoms with E-state index in [1.807, 2.05) is 0 Å². The normalized spacial score (nSPS) is 11.7. The molecule has 0 amide bonds. The first-order chi connectivity index (χ1) is 13.2. The molecule has 3 N–H and O–H groups in total. The second kappa shape index (κ2) is 7.69. The first kappa shape index (κ1) is 20.0. The molecule has 0 atom stereocenters. The maximum Gasteiger partial charge on any atom is 0.387 e. The first-order valence-electron chi connectivity index (χ1n) is 8.28. The number of halogens is 6. The van der Waals surface area contributed by atoms with Crippen LogP contribution in [-0.2, 0) is 6.54 Å². The van der Waals surface area contributed by atoms with E-state index in [1.165, 1.54) is 5.23 Å². The van der Waals surface area contributed by atoms with E-state index in [0.717, 1.165) is 0 Å². The topological polar surface area (TPSA) is 36.8 Å². The molecule has 3 aromatic carbocycles. The molecule has 0 aliphatic heterocycles. The van der Waals surface area contributed by atoms with Crippen LogP contribution in [0.15, 0.2) is 54.6 Å². The van der Waals surface area contributed by atoms with Gasteiger partial charge in [0.15, 0.2) is 34.9 Å². The van der Waals surface area contributed by atoms with Gasteiger partial charge in [0.1, 0.15) is 0 Å². The Morgan fingerprint density at radius 1 is 0.679 bits per heavy atom. The summed E-state index contributed by atoms with van der Waals surface area (Å²) in [4.78, 5) is 0.